The number of imide groups is 1. The highest BCUT2D eigenvalue weighted by atomic mass is 16.4. The van der Waals surface area contributed by atoms with Gasteiger partial charge in [0, 0.05) is 4.99 Å². The fourth-order valence-electron chi connectivity index (χ4n) is 3.03. The van der Waals surface area contributed by atoms with Crippen LogP contribution in [-0.4, -0.2) is 75.7 Å². The van der Waals surface area contributed by atoms with E-state index >= 15 is 0 Å². The third-order valence-corrected chi connectivity index (χ3v) is 4.71. The van der Waals surface area contributed by atoms with Crippen LogP contribution < -0.4 is 20.6 Å². The summed E-state index contributed by atoms with van der Waals surface area (Å²) in [7, 11) is 0. The van der Waals surface area contributed by atoms with Crippen LogP contribution in [0, 0.1) is 13.8 Å². The molecule has 2 heterocycles. The number of aryl methyl sites for hydroxylation is 2. The van der Waals surface area contributed by atoms with Crippen molar-refractivity contribution in [2.45, 2.75) is 38.2 Å². The molecule has 0 aliphatic carbocycles. The Morgan fingerprint density at radius 3 is 2.48 bits per heavy atom. The van der Waals surface area contributed by atoms with Crippen molar-refractivity contribution in [1.82, 2.24) is 9.89 Å². The highest BCUT2D eigenvalue weighted by Gasteiger charge is 2.43. The van der Waals surface area contributed by atoms with Crippen LogP contribution in [0.25, 0.3) is 0 Å². The molecule has 5 N–H and O–H groups in total. The van der Waals surface area contributed by atoms with Crippen molar-refractivity contribution >= 4 is 17.8 Å². The lowest BCUT2D eigenvalue weighted by Crippen LogP contribution is -2.61. The van der Waals surface area contributed by atoms with Gasteiger partial charge in [-0.3, -0.25) is 15.1 Å². The molecule has 3 amide bonds. The molecule has 10 heteroatoms. The second-order valence-corrected chi connectivity index (χ2v) is 6.64. The molecular formula is C17H21N4O6+. The van der Waals surface area contributed by atoms with E-state index in [0.717, 1.165) is 11.1 Å². The van der Waals surface area contributed by atoms with Crippen molar-refractivity contribution in [2.24, 2.45) is 9.98 Å². The number of nitrogens with one attached hydrogen (secondary N) is 1. The molecule has 0 spiro atoms. The number of benzene rings is 1. The number of carbonyl (C=O) groups excluding carboxylic acids is 2. The van der Waals surface area contributed by atoms with Gasteiger partial charge in [-0.15, -0.1) is 0 Å². The Kier molecular flexibility index (Phi) is 5.16. The van der Waals surface area contributed by atoms with Gasteiger partial charge in [0.25, 0.3) is 5.91 Å². The minimum absolute atomic E-state index is 0.0317. The second kappa shape index (κ2) is 7.24. The Hall–Kier alpha value is -2.53. The number of hydrogen-bond donors (Lipinski definition) is 5. The molecule has 27 heavy (non-hydrogen) atoms. The van der Waals surface area contributed by atoms with Gasteiger partial charge in [0.1, 0.15) is 30.2 Å². The minimum atomic E-state index is -1.63. The molecule has 0 fully saturated rings. The van der Waals surface area contributed by atoms with E-state index in [0.29, 0.717) is 10.7 Å². The number of fused-ring (bicyclic) bond motifs is 2. The number of rotatable bonds is 5. The topological polar surface area (TPSA) is 155 Å². The third-order valence-electron chi connectivity index (χ3n) is 4.71. The highest BCUT2D eigenvalue weighted by Crippen LogP contribution is 2.08. The van der Waals surface area contributed by atoms with E-state index in [2.05, 4.69) is 15.3 Å². The number of aliphatic hydroxyl groups is 4. The van der Waals surface area contributed by atoms with Crippen LogP contribution in [0.15, 0.2) is 22.1 Å². The summed E-state index contributed by atoms with van der Waals surface area (Å²) >= 11 is 0. The fourth-order valence-corrected chi connectivity index (χ4v) is 3.03. The molecule has 2 aliphatic heterocycles. The van der Waals surface area contributed by atoms with Crippen molar-refractivity contribution < 1.29 is 30.0 Å². The molecular weight excluding hydrogens is 356 g/mol. The van der Waals surface area contributed by atoms with Crippen LogP contribution in [-0.2, 0) is 4.79 Å². The SMILES string of the molecule is Cc1cc2c(cc1C)=[N+](CC(O)C(O)C(O)CO)C1=NC(=O)NC(=O)C1N=2. The van der Waals surface area contributed by atoms with Gasteiger partial charge in [0.05, 0.1) is 6.61 Å². The standard InChI is InChI=1S/C17H20N4O6/c1-7-3-9-10(4-8(7)2)21(5-11(23)14(25)12(24)6-22)15-13(18-9)16(26)20-17(27)19-15/h3-4,11-14,22-25H,5-6H2,1-2H3/p+1. The maximum absolute atomic E-state index is 12.2. The van der Waals surface area contributed by atoms with Gasteiger partial charge in [0.15, 0.2) is 5.36 Å². The zero-order valence-corrected chi connectivity index (χ0v) is 14.8. The highest BCUT2D eigenvalue weighted by molar-refractivity contribution is 6.19. The van der Waals surface area contributed by atoms with E-state index in [9.17, 15) is 24.9 Å². The number of β-amino-alcohol motifs (C(OH)–C–C–N with tert-alkyl or cyclic N) is 1. The van der Waals surface area contributed by atoms with Gasteiger partial charge in [0.2, 0.25) is 6.04 Å². The molecule has 0 bridgehead atoms. The van der Waals surface area contributed by atoms with Gasteiger partial charge in [-0.25, -0.2) is 9.37 Å². The normalized spacial score (nSPS) is 22.1. The lowest BCUT2D eigenvalue weighted by molar-refractivity contribution is -0.120. The number of hydrogen-bond acceptors (Lipinski definition) is 7. The monoisotopic (exact) mass is 377 g/mol. The number of amidine groups is 1. The predicted molar refractivity (Wildman–Crippen MR) is 92.7 cm³/mol. The minimum Gasteiger partial charge on any atom is -0.394 e. The van der Waals surface area contributed by atoms with Gasteiger partial charge in [-0.1, -0.05) is 0 Å². The van der Waals surface area contributed by atoms with Gasteiger partial charge in [-0.05, 0) is 37.1 Å². The van der Waals surface area contributed by atoms with Crippen LogP contribution in [0.5, 0.6) is 0 Å². The molecule has 1 aromatic rings. The first-order valence-electron chi connectivity index (χ1n) is 8.41. The maximum atomic E-state index is 12.2. The number of carbonyl (C=O) groups is 2. The lowest BCUT2D eigenvalue weighted by atomic mass is 10.1. The van der Waals surface area contributed by atoms with E-state index in [1.165, 1.54) is 4.58 Å². The molecule has 0 radical (unpaired) electrons. The van der Waals surface area contributed by atoms with Gasteiger partial charge < -0.3 is 20.4 Å². The zero-order valence-electron chi connectivity index (χ0n) is 14.8. The lowest BCUT2D eigenvalue weighted by Gasteiger charge is -2.24. The molecule has 4 unspecified atom stereocenters. The van der Waals surface area contributed by atoms with Gasteiger partial charge in [-0.2, -0.15) is 0 Å². The molecule has 0 aromatic heterocycles. The smallest absolute Gasteiger partial charge is 0.394 e. The Bertz CT molecular complexity index is 957. The third kappa shape index (κ3) is 3.52. The molecule has 1 aromatic carbocycles. The van der Waals surface area contributed by atoms with Gasteiger partial charge >= 0.3 is 11.9 Å². The maximum Gasteiger partial charge on any atom is 0.457 e. The van der Waals surface area contributed by atoms with E-state index in [-0.39, 0.29) is 12.4 Å². The summed E-state index contributed by atoms with van der Waals surface area (Å²) < 4.78 is 1.44. The fraction of sp³-hybridized carbons (Fsp3) is 0.471. The van der Waals surface area contributed by atoms with Crippen molar-refractivity contribution in [1.29, 1.82) is 0 Å². The Morgan fingerprint density at radius 1 is 1.15 bits per heavy atom. The average molecular weight is 377 g/mol. The van der Waals surface area contributed by atoms with Crippen molar-refractivity contribution in [3.05, 3.63) is 34.0 Å². The summed E-state index contributed by atoms with van der Waals surface area (Å²) in [5.74, 6) is -0.603. The first-order chi connectivity index (χ1) is 12.7. The largest absolute Gasteiger partial charge is 0.457 e. The quantitative estimate of drug-likeness (QED) is 0.336. The van der Waals surface area contributed by atoms with E-state index < -0.39 is 42.9 Å². The Balaban J connectivity index is 2.18. The molecule has 3 rings (SSSR count). The van der Waals surface area contributed by atoms with E-state index in [1.54, 1.807) is 12.1 Å². The number of nitrogens with zero attached hydrogens (tertiary/aromatic N) is 3. The second-order valence-electron chi connectivity index (χ2n) is 6.64. The zero-order chi connectivity index (χ0) is 19.9. The molecule has 0 saturated heterocycles. The first-order valence-corrected chi connectivity index (χ1v) is 8.41. The van der Waals surface area contributed by atoms with Crippen LogP contribution in [0.4, 0.5) is 4.79 Å². The van der Waals surface area contributed by atoms with Crippen LogP contribution in [0.2, 0.25) is 0 Å². The predicted octanol–water partition coefficient (Wildman–Crippen LogP) is -3.48. The Labute approximate surface area is 153 Å². The van der Waals surface area contributed by atoms with Crippen molar-refractivity contribution in [2.75, 3.05) is 13.2 Å². The molecule has 4 atom stereocenters. The molecule has 10 nitrogen and oxygen atoms in total. The van der Waals surface area contributed by atoms with Crippen molar-refractivity contribution in [3.8, 4) is 0 Å². The number of aliphatic hydroxyl groups excluding tert-OH is 4. The summed E-state index contributed by atoms with van der Waals surface area (Å²) in [5.41, 5.74) is 1.87. The summed E-state index contributed by atoms with van der Waals surface area (Å²) in [6, 6.07) is 1.66. The number of urea groups is 1. The first kappa shape index (κ1) is 19.2. The van der Waals surface area contributed by atoms with Crippen LogP contribution in [0.3, 0.4) is 0 Å². The van der Waals surface area contributed by atoms with E-state index in [4.69, 9.17) is 5.11 Å². The summed E-state index contributed by atoms with van der Waals surface area (Å²) in [6.45, 7) is 2.77. The average Bonchev–Trinajstić information content (AvgIpc) is 2.62. The Morgan fingerprint density at radius 2 is 1.81 bits per heavy atom. The molecule has 0 saturated carbocycles. The van der Waals surface area contributed by atoms with E-state index in [1.807, 2.05) is 13.8 Å². The summed E-state index contributed by atoms with van der Waals surface area (Å²) in [4.78, 5) is 32.1. The van der Waals surface area contributed by atoms with Crippen LogP contribution >= 0.6 is 0 Å². The summed E-state index contributed by atoms with van der Waals surface area (Å²) in [6.07, 6.45) is -4.65. The molecule has 144 valence electrons. The number of amides is 3. The van der Waals surface area contributed by atoms with Crippen molar-refractivity contribution in [3.63, 3.8) is 0 Å². The molecule has 2 aliphatic rings. The summed E-state index contributed by atoms with van der Waals surface area (Å²) in [5, 5.41) is 41.9. The van der Waals surface area contributed by atoms with Crippen LogP contribution in [0.1, 0.15) is 11.1 Å². The number of aliphatic imine (C=N–C) groups is 1.